The Morgan fingerprint density at radius 3 is 2.90 bits per heavy atom. The van der Waals surface area contributed by atoms with E-state index in [0.717, 1.165) is 23.3 Å². The van der Waals surface area contributed by atoms with Crippen molar-refractivity contribution in [3.63, 3.8) is 0 Å². The maximum absolute atomic E-state index is 12.5. The summed E-state index contributed by atoms with van der Waals surface area (Å²) in [5.41, 5.74) is 1.34. The molecule has 0 radical (unpaired) electrons. The quantitative estimate of drug-likeness (QED) is 0.899. The zero-order valence-corrected chi connectivity index (χ0v) is 14.0. The number of carbonyl (C=O) groups is 1. The average Bonchev–Trinajstić information content (AvgIpc) is 2.80. The minimum atomic E-state index is -0.134. The van der Waals surface area contributed by atoms with Gasteiger partial charge in [0.2, 0.25) is 0 Å². The van der Waals surface area contributed by atoms with Crippen LogP contribution in [0.4, 0.5) is 11.5 Å². The van der Waals surface area contributed by atoms with Crippen molar-refractivity contribution in [3.05, 3.63) is 40.8 Å². The van der Waals surface area contributed by atoms with Gasteiger partial charge in [-0.25, -0.2) is 4.98 Å². The molecule has 0 aromatic carbocycles. The van der Waals surface area contributed by atoms with Crippen molar-refractivity contribution < 1.29 is 4.79 Å². The number of rotatable bonds is 5. The molecule has 0 saturated carbocycles. The molecular formula is C15H19BrN4O. The first-order valence-corrected chi connectivity index (χ1v) is 7.61. The van der Waals surface area contributed by atoms with E-state index in [-0.39, 0.29) is 5.91 Å². The highest BCUT2D eigenvalue weighted by Gasteiger charge is 2.15. The number of pyridine rings is 1. The van der Waals surface area contributed by atoms with Gasteiger partial charge in [-0.3, -0.25) is 4.79 Å². The summed E-state index contributed by atoms with van der Waals surface area (Å²) in [5, 5.41) is 2.94. The molecule has 2 aromatic rings. The van der Waals surface area contributed by atoms with Crippen LogP contribution in [0.1, 0.15) is 23.8 Å². The lowest BCUT2D eigenvalue weighted by atomic mass is 10.3. The lowest BCUT2D eigenvalue weighted by Gasteiger charge is -2.16. The van der Waals surface area contributed by atoms with Gasteiger partial charge in [0.25, 0.3) is 5.91 Å². The first-order valence-electron chi connectivity index (χ1n) is 6.82. The Labute approximate surface area is 133 Å². The lowest BCUT2D eigenvalue weighted by Crippen LogP contribution is -2.20. The van der Waals surface area contributed by atoms with Crippen LogP contribution in [0, 0.1) is 0 Å². The predicted molar refractivity (Wildman–Crippen MR) is 88.9 cm³/mol. The van der Waals surface area contributed by atoms with Crippen LogP contribution in [-0.4, -0.2) is 29.6 Å². The summed E-state index contributed by atoms with van der Waals surface area (Å²) >= 11 is 3.42. The minimum Gasteiger partial charge on any atom is -0.361 e. The van der Waals surface area contributed by atoms with Gasteiger partial charge in [-0.05, 0) is 40.5 Å². The fourth-order valence-corrected chi connectivity index (χ4v) is 2.59. The minimum absolute atomic E-state index is 0.134. The van der Waals surface area contributed by atoms with E-state index in [1.54, 1.807) is 6.20 Å². The lowest BCUT2D eigenvalue weighted by molar-refractivity contribution is 0.101. The van der Waals surface area contributed by atoms with Crippen molar-refractivity contribution in [1.82, 2.24) is 9.55 Å². The van der Waals surface area contributed by atoms with Crippen molar-refractivity contribution in [1.29, 1.82) is 0 Å². The van der Waals surface area contributed by atoms with E-state index in [1.165, 1.54) is 0 Å². The smallest absolute Gasteiger partial charge is 0.272 e. The monoisotopic (exact) mass is 350 g/mol. The normalized spacial score (nSPS) is 10.5. The van der Waals surface area contributed by atoms with Gasteiger partial charge in [0, 0.05) is 37.5 Å². The fraction of sp³-hybridized carbons (Fsp3) is 0.333. The van der Waals surface area contributed by atoms with Crippen LogP contribution in [0.2, 0.25) is 0 Å². The van der Waals surface area contributed by atoms with E-state index in [0.29, 0.717) is 11.4 Å². The maximum atomic E-state index is 12.5. The molecule has 6 heteroatoms. The van der Waals surface area contributed by atoms with Crippen LogP contribution >= 0.6 is 15.9 Å². The SMILES string of the molecule is CCCn1cc(Br)cc1C(=O)Nc1cccnc1N(C)C. The Morgan fingerprint density at radius 1 is 1.48 bits per heavy atom. The Kier molecular flexibility index (Phi) is 5.01. The third-order valence-corrected chi connectivity index (χ3v) is 3.45. The van der Waals surface area contributed by atoms with E-state index < -0.39 is 0 Å². The molecule has 112 valence electrons. The topological polar surface area (TPSA) is 50.2 Å². The van der Waals surface area contributed by atoms with Crippen molar-refractivity contribution in [2.75, 3.05) is 24.3 Å². The Bertz CT molecular complexity index is 636. The van der Waals surface area contributed by atoms with E-state index in [1.807, 2.05) is 48.0 Å². The number of aryl methyl sites for hydroxylation is 1. The molecule has 0 unspecified atom stereocenters. The summed E-state index contributed by atoms with van der Waals surface area (Å²) in [6.07, 6.45) is 4.60. The maximum Gasteiger partial charge on any atom is 0.272 e. The molecule has 1 N–H and O–H groups in total. The van der Waals surface area contributed by atoms with Gasteiger partial charge >= 0.3 is 0 Å². The van der Waals surface area contributed by atoms with Crippen LogP contribution in [0.25, 0.3) is 0 Å². The van der Waals surface area contributed by atoms with Crippen LogP contribution < -0.4 is 10.2 Å². The second kappa shape index (κ2) is 6.76. The molecule has 0 atom stereocenters. The highest BCUT2D eigenvalue weighted by Crippen LogP contribution is 2.22. The summed E-state index contributed by atoms with van der Waals surface area (Å²) in [6, 6.07) is 5.49. The second-order valence-corrected chi connectivity index (χ2v) is 5.88. The summed E-state index contributed by atoms with van der Waals surface area (Å²) in [5.74, 6) is 0.601. The molecule has 0 aliphatic heterocycles. The number of nitrogens with one attached hydrogen (secondary N) is 1. The van der Waals surface area contributed by atoms with Crippen molar-refractivity contribution >= 4 is 33.3 Å². The first kappa shape index (κ1) is 15.6. The number of carbonyl (C=O) groups excluding carboxylic acids is 1. The van der Waals surface area contributed by atoms with Crippen LogP contribution in [0.3, 0.4) is 0 Å². The Hall–Kier alpha value is -1.82. The van der Waals surface area contributed by atoms with E-state index >= 15 is 0 Å². The summed E-state index contributed by atoms with van der Waals surface area (Å²) < 4.78 is 2.85. The molecule has 0 aliphatic rings. The molecule has 0 fully saturated rings. The molecule has 0 bridgehead atoms. The molecule has 2 heterocycles. The number of nitrogens with zero attached hydrogens (tertiary/aromatic N) is 3. The van der Waals surface area contributed by atoms with Gasteiger partial charge in [0.15, 0.2) is 5.82 Å². The Morgan fingerprint density at radius 2 is 2.24 bits per heavy atom. The van der Waals surface area contributed by atoms with E-state index in [4.69, 9.17) is 0 Å². The number of aromatic nitrogens is 2. The number of amides is 1. The van der Waals surface area contributed by atoms with Gasteiger partial charge < -0.3 is 14.8 Å². The molecule has 1 amide bonds. The molecule has 2 aromatic heterocycles. The number of hydrogen-bond acceptors (Lipinski definition) is 3. The third-order valence-electron chi connectivity index (χ3n) is 3.02. The molecule has 0 aliphatic carbocycles. The van der Waals surface area contributed by atoms with Gasteiger partial charge in [0.1, 0.15) is 5.69 Å². The predicted octanol–water partition coefficient (Wildman–Crippen LogP) is 3.37. The fourth-order valence-electron chi connectivity index (χ4n) is 2.13. The molecule has 5 nitrogen and oxygen atoms in total. The summed E-state index contributed by atoms with van der Waals surface area (Å²) in [6.45, 7) is 2.89. The number of anilines is 2. The first-order chi connectivity index (χ1) is 10.0. The van der Waals surface area contributed by atoms with Gasteiger partial charge in [-0.1, -0.05) is 6.92 Å². The zero-order valence-electron chi connectivity index (χ0n) is 12.4. The number of hydrogen-bond donors (Lipinski definition) is 1. The highest BCUT2D eigenvalue weighted by molar-refractivity contribution is 9.10. The van der Waals surface area contributed by atoms with Crippen LogP contribution in [0.5, 0.6) is 0 Å². The standard InChI is InChI=1S/C15H19BrN4O/c1-4-8-20-10-11(16)9-13(20)15(21)18-12-6-5-7-17-14(12)19(2)3/h5-7,9-10H,4,8H2,1-3H3,(H,18,21). The molecular weight excluding hydrogens is 332 g/mol. The van der Waals surface area contributed by atoms with Gasteiger partial charge in [0.05, 0.1) is 5.69 Å². The third kappa shape index (κ3) is 3.64. The summed E-state index contributed by atoms with van der Waals surface area (Å²) in [4.78, 5) is 18.7. The van der Waals surface area contributed by atoms with E-state index in [2.05, 4.69) is 33.2 Å². The Balaban J connectivity index is 2.26. The van der Waals surface area contributed by atoms with Crippen LogP contribution in [-0.2, 0) is 6.54 Å². The van der Waals surface area contributed by atoms with E-state index in [9.17, 15) is 4.79 Å². The highest BCUT2D eigenvalue weighted by atomic mass is 79.9. The molecule has 2 rings (SSSR count). The van der Waals surface area contributed by atoms with Crippen molar-refractivity contribution in [2.24, 2.45) is 0 Å². The average molecular weight is 351 g/mol. The van der Waals surface area contributed by atoms with Crippen molar-refractivity contribution in [3.8, 4) is 0 Å². The van der Waals surface area contributed by atoms with Crippen molar-refractivity contribution in [2.45, 2.75) is 19.9 Å². The number of halogens is 1. The van der Waals surface area contributed by atoms with Crippen LogP contribution in [0.15, 0.2) is 35.1 Å². The molecule has 0 saturated heterocycles. The zero-order chi connectivity index (χ0) is 15.4. The largest absolute Gasteiger partial charge is 0.361 e. The second-order valence-electron chi connectivity index (χ2n) is 4.96. The summed E-state index contributed by atoms with van der Waals surface area (Å²) in [7, 11) is 3.79. The molecule has 21 heavy (non-hydrogen) atoms. The van der Waals surface area contributed by atoms with Gasteiger partial charge in [-0.2, -0.15) is 0 Å². The molecule has 0 spiro atoms. The van der Waals surface area contributed by atoms with Gasteiger partial charge in [-0.15, -0.1) is 0 Å².